The van der Waals surface area contributed by atoms with Gasteiger partial charge in [-0.15, -0.1) is 22.7 Å². The Hall–Kier alpha value is -1.67. The molecule has 2 rings (SSSR count). The van der Waals surface area contributed by atoms with Crippen LogP contribution in [0.3, 0.4) is 0 Å². The van der Waals surface area contributed by atoms with Gasteiger partial charge in [-0.05, 0) is 0 Å². The minimum Gasteiger partial charge on any atom is -0.354 e. The van der Waals surface area contributed by atoms with Crippen molar-refractivity contribution in [3.05, 3.63) is 27.7 Å². The molecule has 0 bridgehead atoms. The van der Waals surface area contributed by atoms with Gasteiger partial charge >= 0.3 is 6.03 Å². The van der Waals surface area contributed by atoms with Crippen LogP contribution in [0.2, 0.25) is 0 Å². The van der Waals surface area contributed by atoms with E-state index in [0.717, 1.165) is 15.8 Å². The minimum absolute atomic E-state index is 0.0946. The van der Waals surface area contributed by atoms with Gasteiger partial charge in [0.1, 0.15) is 0 Å². The number of amides is 2. The maximum absolute atomic E-state index is 12.1. The molecule has 2 aromatic heterocycles. The Balaban J connectivity index is 1.80. The molecule has 0 aliphatic carbocycles. The molecule has 0 radical (unpaired) electrons. The zero-order valence-corrected chi connectivity index (χ0v) is 14.9. The third-order valence-electron chi connectivity index (χ3n) is 3.11. The number of aromatic nitrogens is 2. The summed E-state index contributed by atoms with van der Waals surface area (Å²) in [6, 6.07) is -0.0946. The van der Waals surface area contributed by atoms with Crippen molar-refractivity contribution >= 4 is 33.8 Å². The fourth-order valence-corrected chi connectivity index (χ4v) is 3.38. The van der Waals surface area contributed by atoms with Crippen molar-refractivity contribution in [3.63, 3.8) is 0 Å². The summed E-state index contributed by atoms with van der Waals surface area (Å²) >= 11 is 3.19. The van der Waals surface area contributed by atoms with Gasteiger partial charge in [0, 0.05) is 50.6 Å². The molecule has 2 amide bonds. The van der Waals surface area contributed by atoms with E-state index in [0.29, 0.717) is 13.1 Å². The van der Waals surface area contributed by atoms with Gasteiger partial charge < -0.3 is 15.1 Å². The molecule has 0 aliphatic rings. The molecule has 0 aromatic carbocycles. The van der Waals surface area contributed by atoms with Crippen LogP contribution in [0.25, 0.3) is 0 Å². The van der Waals surface area contributed by atoms with Crippen molar-refractivity contribution < 1.29 is 4.79 Å². The van der Waals surface area contributed by atoms with E-state index in [2.05, 4.69) is 22.2 Å². The standard InChI is InChI=1S/C14H21N5OS2/c1-10(12-15-5-6-21-12)8-19(4)13(20)16-7-11-9-22-14(17-11)18(2)3/h5-6,9-10H,7-8H2,1-4H3,(H,16,20)/t10-/m1/s1. The number of nitrogens with zero attached hydrogens (tertiary/aromatic N) is 4. The van der Waals surface area contributed by atoms with Gasteiger partial charge in [0.15, 0.2) is 5.13 Å². The van der Waals surface area contributed by atoms with Crippen molar-refractivity contribution in [2.45, 2.75) is 19.4 Å². The summed E-state index contributed by atoms with van der Waals surface area (Å²) in [4.78, 5) is 24.5. The van der Waals surface area contributed by atoms with Gasteiger partial charge in [0.25, 0.3) is 0 Å². The zero-order valence-electron chi connectivity index (χ0n) is 13.2. The van der Waals surface area contributed by atoms with E-state index >= 15 is 0 Å². The number of carbonyl (C=O) groups excluding carboxylic acids is 1. The molecule has 8 heteroatoms. The van der Waals surface area contributed by atoms with Crippen molar-refractivity contribution in [1.82, 2.24) is 20.2 Å². The van der Waals surface area contributed by atoms with Crippen LogP contribution in [0.4, 0.5) is 9.93 Å². The minimum atomic E-state index is -0.0946. The second kappa shape index (κ2) is 7.55. The fraction of sp³-hybridized carbons (Fsp3) is 0.500. The van der Waals surface area contributed by atoms with Crippen LogP contribution >= 0.6 is 22.7 Å². The van der Waals surface area contributed by atoms with E-state index < -0.39 is 0 Å². The van der Waals surface area contributed by atoms with E-state index in [1.807, 2.05) is 29.8 Å². The number of carbonyl (C=O) groups is 1. The number of likely N-dealkylation sites (N-methyl/N-ethyl adjacent to an activating group) is 1. The van der Waals surface area contributed by atoms with Crippen LogP contribution in [0.5, 0.6) is 0 Å². The predicted octanol–water partition coefficient (Wildman–Crippen LogP) is 2.61. The number of thiazole rings is 2. The van der Waals surface area contributed by atoms with Crippen LogP contribution in [-0.4, -0.2) is 48.6 Å². The van der Waals surface area contributed by atoms with Crippen LogP contribution in [-0.2, 0) is 6.54 Å². The molecule has 0 saturated carbocycles. The van der Waals surface area contributed by atoms with Gasteiger partial charge in [-0.25, -0.2) is 14.8 Å². The molecule has 0 spiro atoms. The Kier molecular flexibility index (Phi) is 5.73. The lowest BCUT2D eigenvalue weighted by Gasteiger charge is -2.20. The smallest absolute Gasteiger partial charge is 0.317 e. The molecule has 2 heterocycles. The van der Waals surface area contributed by atoms with E-state index in [-0.39, 0.29) is 11.9 Å². The lowest BCUT2D eigenvalue weighted by Crippen LogP contribution is -2.38. The molecular weight excluding hydrogens is 318 g/mol. The summed E-state index contributed by atoms with van der Waals surface area (Å²) in [5.74, 6) is 0.232. The first-order valence-corrected chi connectivity index (χ1v) is 8.73. The highest BCUT2D eigenvalue weighted by Crippen LogP contribution is 2.19. The summed E-state index contributed by atoms with van der Waals surface area (Å²) in [6.07, 6.45) is 1.79. The van der Waals surface area contributed by atoms with Crippen LogP contribution < -0.4 is 10.2 Å². The number of anilines is 1. The highest BCUT2D eigenvalue weighted by molar-refractivity contribution is 7.13. The van der Waals surface area contributed by atoms with Crippen molar-refractivity contribution in [1.29, 1.82) is 0 Å². The first-order chi connectivity index (χ1) is 10.5. The van der Waals surface area contributed by atoms with E-state index in [1.165, 1.54) is 0 Å². The van der Waals surface area contributed by atoms with Crippen molar-refractivity contribution in [3.8, 4) is 0 Å². The first kappa shape index (κ1) is 16.7. The molecular formula is C14H21N5OS2. The number of urea groups is 1. The highest BCUT2D eigenvalue weighted by Gasteiger charge is 2.15. The lowest BCUT2D eigenvalue weighted by atomic mass is 10.2. The molecule has 1 N–H and O–H groups in total. The van der Waals surface area contributed by atoms with Crippen LogP contribution in [0.15, 0.2) is 17.0 Å². The van der Waals surface area contributed by atoms with Crippen molar-refractivity contribution in [2.24, 2.45) is 0 Å². The monoisotopic (exact) mass is 339 g/mol. The summed E-state index contributed by atoms with van der Waals surface area (Å²) in [7, 11) is 5.70. The number of hydrogen-bond acceptors (Lipinski definition) is 6. The summed E-state index contributed by atoms with van der Waals surface area (Å²) < 4.78 is 0. The maximum atomic E-state index is 12.1. The van der Waals surface area contributed by atoms with Gasteiger partial charge in [-0.2, -0.15) is 0 Å². The van der Waals surface area contributed by atoms with Gasteiger partial charge in [-0.3, -0.25) is 0 Å². The first-order valence-electron chi connectivity index (χ1n) is 6.97. The third-order valence-corrected chi connectivity index (χ3v) is 5.17. The average molecular weight is 339 g/mol. The summed E-state index contributed by atoms with van der Waals surface area (Å²) in [5.41, 5.74) is 0.878. The SMILES string of the molecule is C[C@H](CN(C)C(=O)NCc1csc(N(C)C)n1)c1nccs1. The Morgan fingerprint density at radius 1 is 1.36 bits per heavy atom. The normalized spacial score (nSPS) is 12.0. The summed E-state index contributed by atoms with van der Waals surface area (Å²) in [6.45, 7) is 3.16. The van der Waals surface area contributed by atoms with Crippen LogP contribution in [0.1, 0.15) is 23.5 Å². The molecule has 0 fully saturated rings. The highest BCUT2D eigenvalue weighted by atomic mass is 32.1. The van der Waals surface area contributed by atoms with E-state index in [4.69, 9.17) is 0 Å². The topological polar surface area (TPSA) is 61.4 Å². The fourth-order valence-electron chi connectivity index (χ4n) is 1.93. The molecule has 6 nitrogen and oxygen atoms in total. The molecule has 0 aliphatic heterocycles. The van der Waals surface area contributed by atoms with Gasteiger partial charge in [0.05, 0.1) is 17.2 Å². The quantitative estimate of drug-likeness (QED) is 0.879. The molecule has 1 atom stereocenters. The van der Waals surface area contributed by atoms with Gasteiger partial charge in [0.2, 0.25) is 0 Å². The predicted molar refractivity (Wildman–Crippen MR) is 91.8 cm³/mol. The zero-order chi connectivity index (χ0) is 16.1. The van der Waals surface area contributed by atoms with Crippen molar-refractivity contribution in [2.75, 3.05) is 32.6 Å². The van der Waals surface area contributed by atoms with Crippen LogP contribution in [0, 0.1) is 0 Å². The molecule has 0 saturated heterocycles. The number of nitrogens with one attached hydrogen (secondary N) is 1. The Labute approximate surface area is 138 Å². The second-order valence-corrected chi connectivity index (χ2v) is 7.09. The Morgan fingerprint density at radius 3 is 2.73 bits per heavy atom. The number of rotatable bonds is 6. The third kappa shape index (κ3) is 4.41. The van der Waals surface area contributed by atoms with Gasteiger partial charge in [-0.1, -0.05) is 6.92 Å². The maximum Gasteiger partial charge on any atom is 0.317 e. The second-order valence-electron chi connectivity index (χ2n) is 5.33. The molecule has 120 valence electrons. The molecule has 22 heavy (non-hydrogen) atoms. The Morgan fingerprint density at radius 2 is 2.14 bits per heavy atom. The molecule has 2 aromatic rings. The lowest BCUT2D eigenvalue weighted by molar-refractivity contribution is 0.206. The van der Waals surface area contributed by atoms with E-state index in [9.17, 15) is 4.79 Å². The average Bonchev–Trinajstić information content (AvgIpc) is 3.15. The summed E-state index contributed by atoms with van der Waals surface area (Å²) in [5, 5.41) is 8.81. The molecule has 0 unspecified atom stereocenters. The van der Waals surface area contributed by atoms with E-state index in [1.54, 1.807) is 40.8 Å². The largest absolute Gasteiger partial charge is 0.354 e. The Bertz CT molecular complexity index is 596. The number of hydrogen-bond donors (Lipinski definition) is 1.